The number of nitrogens with one attached hydrogen (secondary N) is 1. The zero-order valence-electron chi connectivity index (χ0n) is 19.0. The van der Waals surface area contributed by atoms with E-state index in [4.69, 9.17) is 4.74 Å². The highest BCUT2D eigenvalue weighted by atomic mass is 16.5. The smallest absolute Gasteiger partial charge is 0.258 e. The average molecular weight is 442 g/mol. The van der Waals surface area contributed by atoms with Crippen molar-refractivity contribution in [1.82, 2.24) is 9.38 Å². The number of hydrogen-bond donors (Lipinski definition) is 1. The molecule has 6 heteroatoms. The summed E-state index contributed by atoms with van der Waals surface area (Å²) in [5, 5.41) is 3.01. The number of fused-ring (bicyclic) bond motifs is 1. The molecule has 4 aromatic rings. The quantitative estimate of drug-likeness (QED) is 0.437. The molecule has 2 aromatic carbocycles. The average Bonchev–Trinajstić information content (AvgIpc) is 2.80. The Morgan fingerprint density at radius 3 is 2.61 bits per heavy atom. The lowest BCUT2D eigenvalue weighted by Crippen LogP contribution is -2.20. The highest BCUT2D eigenvalue weighted by Gasteiger charge is 2.19. The Bertz CT molecular complexity index is 1350. The van der Waals surface area contributed by atoms with Gasteiger partial charge in [0.2, 0.25) is 5.91 Å². The topological polar surface area (TPSA) is 72.7 Å². The predicted octanol–water partition coefficient (Wildman–Crippen LogP) is 5.02. The summed E-state index contributed by atoms with van der Waals surface area (Å²) < 4.78 is 7.50. The van der Waals surface area contributed by atoms with E-state index >= 15 is 0 Å². The van der Waals surface area contributed by atoms with E-state index < -0.39 is 0 Å². The van der Waals surface area contributed by atoms with Crippen molar-refractivity contribution in [3.8, 4) is 5.75 Å². The number of amides is 1. The highest BCUT2D eigenvalue weighted by Crippen LogP contribution is 2.26. The molecule has 0 saturated heterocycles. The maximum Gasteiger partial charge on any atom is 0.258 e. The molecule has 0 aliphatic rings. The lowest BCUT2D eigenvalue weighted by atomic mass is 9.95. The van der Waals surface area contributed by atoms with Gasteiger partial charge < -0.3 is 10.1 Å². The van der Waals surface area contributed by atoms with Gasteiger partial charge >= 0.3 is 0 Å². The number of pyridine rings is 1. The molecule has 2 aromatic heterocycles. The van der Waals surface area contributed by atoms with Gasteiger partial charge in [0.05, 0.1) is 11.6 Å². The normalized spacial score (nSPS) is 11.8. The van der Waals surface area contributed by atoms with Gasteiger partial charge in [-0.15, -0.1) is 0 Å². The number of rotatable bonds is 7. The molecule has 1 N–H and O–H groups in total. The number of nitrogens with zero attached hydrogens (tertiary/aromatic N) is 2. The summed E-state index contributed by atoms with van der Waals surface area (Å²) in [6.07, 6.45) is 2.42. The Morgan fingerprint density at radius 2 is 1.85 bits per heavy atom. The van der Waals surface area contributed by atoms with Crippen LogP contribution in [0.5, 0.6) is 5.75 Å². The van der Waals surface area contributed by atoms with Gasteiger partial charge in [-0.25, -0.2) is 4.98 Å². The molecule has 0 fully saturated rings. The van der Waals surface area contributed by atoms with Crippen LogP contribution in [-0.2, 0) is 11.4 Å². The molecular weight excluding hydrogens is 414 g/mol. The Labute approximate surface area is 192 Å². The van der Waals surface area contributed by atoms with Gasteiger partial charge in [0.1, 0.15) is 18.0 Å². The van der Waals surface area contributed by atoms with E-state index in [1.807, 2.05) is 81.4 Å². The lowest BCUT2D eigenvalue weighted by molar-refractivity contribution is -0.117. The minimum atomic E-state index is -0.227. The van der Waals surface area contributed by atoms with Crippen molar-refractivity contribution in [3.05, 3.63) is 106 Å². The summed E-state index contributed by atoms with van der Waals surface area (Å²) in [7, 11) is 0. The second kappa shape index (κ2) is 9.69. The summed E-state index contributed by atoms with van der Waals surface area (Å²) in [5.41, 5.74) is 4.60. The fraction of sp³-hybridized carbons (Fsp3) is 0.222. The fourth-order valence-electron chi connectivity index (χ4n) is 3.80. The first-order valence-electron chi connectivity index (χ1n) is 11.0. The standard InChI is InChI=1S/C27H27N3O3/c1-4-23(20-8-6-5-7-9-20)27(32)29-21-11-10-19(3)24(15-21)33-17-22-16-26(31)30-13-12-18(2)14-25(30)28-22/h5-16,23H,4,17H2,1-3H3,(H,29,32)/t23-/m0/s1. The third kappa shape index (κ3) is 5.12. The van der Waals surface area contributed by atoms with Gasteiger partial charge in [0.25, 0.3) is 5.56 Å². The molecule has 6 nitrogen and oxygen atoms in total. The second-order valence-corrected chi connectivity index (χ2v) is 8.15. The first-order valence-corrected chi connectivity index (χ1v) is 11.0. The molecule has 4 rings (SSSR count). The monoisotopic (exact) mass is 441 g/mol. The number of aromatic nitrogens is 2. The van der Waals surface area contributed by atoms with Crippen molar-refractivity contribution in [2.75, 3.05) is 5.32 Å². The lowest BCUT2D eigenvalue weighted by Gasteiger charge is -2.17. The van der Waals surface area contributed by atoms with Crippen LogP contribution >= 0.6 is 0 Å². The van der Waals surface area contributed by atoms with Gasteiger partial charge in [0, 0.05) is 24.0 Å². The van der Waals surface area contributed by atoms with Crippen molar-refractivity contribution in [1.29, 1.82) is 0 Å². The van der Waals surface area contributed by atoms with E-state index in [-0.39, 0.29) is 24.0 Å². The zero-order chi connectivity index (χ0) is 23.4. The van der Waals surface area contributed by atoms with Gasteiger partial charge in [-0.05, 0) is 55.2 Å². The summed E-state index contributed by atoms with van der Waals surface area (Å²) >= 11 is 0. The van der Waals surface area contributed by atoms with Crippen LogP contribution in [0.2, 0.25) is 0 Å². The molecule has 1 atom stereocenters. The van der Waals surface area contributed by atoms with Crippen LogP contribution < -0.4 is 15.6 Å². The minimum Gasteiger partial charge on any atom is -0.487 e. The Hall–Kier alpha value is -3.93. The van der Waals surface area contributed by atoms with Crippen LogP contribution in [0.1, 0.15) is 41.6 Å². The molecule has 1 amide bonds. The van der Waals surface area contributed by atoms with Crippen molar-refractivity contribution in [2.45, 2.75) is 39.7 Å². The molecule has 0 bridgehead atoms. The summed E-state index contributed by atoms with van der Waals surface area (Å²) in [4.78, 5) is 29.9. The third-order valence-electron chi connectivity index (χ3n) is 5.63. The number of anilines is 1. The van der Waals surface area contributed by atoms with E-state index in [1.165, 1.54) is 10.5 Å². The van der Waals surface area contributed by atoms with Gasteiger partial charge in [-0.1, -0.05) is 43.3 Å². The van der Waals surface area contributed by atoms with Crippen LogP contribution in [0.15, 0.2) is 77.7 Å². The molecule has 0 aliphatic carbocycles. The fourth-order valence-corrected chi connectivity index (χ4v) is 3.80. The van der Waals surface area contributed by atoms with Gasteiger partial charge in [-0.3, -0.25) is 14.0 Å². The van der Waals surface area contributed by atoms with Crippen molar-refractivity contribution < 1.29 is 9.53 Å². The largest absolute Gasteiger partial charge is 0.487 e. The molecular formula is C27H27N3O3. The predicted molar refractivity (Wildman–Crippen MR) is 130 cm³/mol. The number of hydrogen-bond acceptors (Lipinski definition) is 4. The molecule has 168 valence electrons. The van der Waals surface area contributed by atoms with Crippen LogP contribution in [0.25, 0.3) is 5.65 Å². The molecule has 0 spiro atoms. The second-order valence-electron chi connectivity index (χ2n) is 8.15. The summed E-state index contributed by atoms with van der Waals surface area (Å²) in [6, 6.07) is 20.6. The zero-order valence-corrected chi connectivity index (χ0v) is 19.0. The minimum absolute atomic E-state index is 0.0573. The summed E-state index contributed by atoms with van der Waals surface area (Å²) in [5.74, 6) is 0.347. The molecule has 0 aliphatic heterocycles. The third-order valence-corrected chi connectivity index (χ3v) is 5.63. The van der Waals surface area contributed by atoms with E-state index in [9.17, 15) is 9.59 Å². The first-order chi connectivity index (χ1) is 15.9. The van der Waals surface area contributed by atoms with Gasteiger partial charge in [0.15, 0.2) is 0 Å². The first kappa shape index (κ1) is 22.3. The van der Waals surface area contributed by atoms with Crippen molar-refractivity contribution >= 4 is 17.2 Å². The van der Waals surface area contributed by atoms with Crippen LogP contribution in [0, 0.1) is 13.8 Å². The molecule has 0 saturated carbocycles. The molecule has 0 unspecified atom stereocenters. The maximum absolute atomic E-state index is 12.9. The Kier molecular flexibility index (Phi) is 6.54. The maximum atomic E-state index is 12.9. The SMILES string of the molecule is CC[C@H](C(=O)Nc1ccc(C)c(OCc2cc(=O)n3ccc(C)cc3n2)c1)c1ccccc1. The molecule has 33 heavy (non-hydrogen) atoms. The van der Waals surface area contributed by atoms with Crippen LogP contribution in [-0.4, -0.2) is 15.3 Å². The van der Waals surface area contributed by atoms with E-state index in [0.717, 1.165) is 16.7 Å². The number of ether oxygens (including phenoxy) is 1. The van der Waals surface area contributed by atoms with Crippen molar-refractivity contribution in [2.24, 2.45) is 0 Å². The van der Waals surface area contributed by atoms with Crippen LogP contribution in [0.4, 0.5) is 5.69 Å². The number of benzene rings is 2. The van der Waals surface area contributed by atoms with Gasteiger partial charge in [-0.2, -0.15) is 0 Å². The van der Waals surface area contributed by atoms with E-state index in [1.54, 1.807) is 6.20 Å². The Balaban J connectivity index is 1.50. The number of carbonyl (C=O) groups is 1. The Morgan fingerprint density at radius 1 is 1.06 bits per heavy atom. The van der Waals surface area contributed by atoms with Crippen molar-refractivity contribution in [3.63, 3.8) is 0 Å². The van der Waals surface area contributed by atoms with Crippen LogP contribution in [0.3, 0.4) is 0 Å². The highest BCUT2D eigenvalue weighted by molar-refractivity contribution is 5.96. The number of aryl methyl sites for hydroxylation is 2. The molecule has 0 radical (unpaired) electrons. The molecule has 2 heterocycles. The van der Waals surface area contributed by atoms with E-state index in [0.29, 0.717) is 29.2 Å². The van der Waals surface area contributed by atoms with E-state index in [2.05, 4.69) is 10.3 Å². The number of carbonyl (C=O) groups excluding carboxylic acids is 1. The summed E-state index contributed by atoms with van der Waals surface area (Å²) in [6.45, 7) is 6.05.